The largest absolute Gasteiger partial charge is 0.480 e. The highest BCUT2D eigenvalue weighted by Gasteiger charge is 2.26. The number of rotatable bonds is 5. The number of hydrogen-bond donors (Lipinski definition) is 1. The molecule has 2 rings (SSSR count). The zero-order valence-corrected chi connectivity index (χ0v) is 11.3. The molecule has 1 aliphatic rings. The highest BCUT2D eigenvalue weighted by Crippen LogP contribution is 2.13. The van der Waals surface area contributed by atoms with Crippen LogP contribution in [0.2, 0.25) is 0 Å². The summed E-state index contributed by atoms with van der Waals surface area (Å²) in [6, 6.07) is 7.86. The predicted octanol–water partition coefficient (Wildman–Crippen LogP) is 1.71. The second-order valence-electron chi connectivity index (χ2n) is 5.03. The van der Waals surface area contributed by atoms with E-state index in [1.54, 1.807) is 0 Å². The van der Waals surface area contributed by atoms with E-state index in [-0.39, 0.29) is 0 Å². The number of aliphatic carboxylic acids is 1. The van der Waals surface area contributed by atoms with Gasteiger partial charge in [0.2, 0.25) is 0 Å². The lowest BCUT2D eigenvalue weighted by molar-refractivity contribution is -0.145. The maximum atomic E-state index is 11.4. The molecular weight excluding hydrogens is 242 g/mol. The molecule has 19 heavy (non-hydrogen) atoms. The number of hydrogen-bond acceptors (Lipinski definition) is 3. The van der Waals surface area contributed by atoms with Crippen LogP contribution in [0.25, 0.3) is 0 Å². The first-order valence-electron chi connectivity index (χ1n) is 6.77. The van der Waals surface area contributed by atoms with Crippen LogP contribution >= 0.6 is 0 Å². The highest BCUT2D eigenvalue weighted by molar-refractivity contribution is 5.73. The summed E-state index contributed by atoms with van der Waals surface area (Å²) < 4.78 is 5.27. The minimum absolute atomic E-state index is 0.399. The minimum atomic E-state index is -0.727. The van der Waals surface area contributed by atoms with Crippen molar-refractivity contribution in [2.45, 2.75) is 25.8 Å². The average molecular weight is 263 g/mol. The molecular formula is C15H21NO3. The van der Waals surface area contributed by atoms with E-state index in [1.165, 1.54) is 11.1 Å². The average Bonchev–Trinajstić information content (AvgIpc) is 2.40. The molecule has 0 aliphatic carbocycles. The summed E-state index contributed by atoms with van der Waals surface area (Å²) in [5.74, 6) is -0.727. The predicted molar refractivity (Wildman–Crippen MR) is 73.3 cm³/mol. The molecule has 1 fully saturated rings. The van der Waals surface area contributed by atoms with Crippen molar-refractivity contribution in [1.29, 1.82) is 0 Å². The van der Waals surface area contributed by atoms with Crippen molar-refractivity contribution >= 4 is 5.97 Å². The number of carboxylic acid groups (broad SMARTS) is 1. The van der Waals surface area contributed by atoms with E-state index >= 15 is 0 Å². The van der Waals surface area contributed by atoms with E-state index in [4.69, 9.17) is 4.74 Å². The van der Waals surface area contributed by atoms with Crippen molar-refractivity contribution in [3.8, 4) is 0 Å². The van der Waals surface area contributed by atoms with E-state index in [2.05, 4.69) is 25.1 Å². The third kappa shape index (κ3) is 4.04. The molecule has 4 heteroatoms. The summed E-state index contributed by atoms with van der Waals surface area (Å²) in [7, 11) is 0. The zero-order valence-electron chi connectivity index (χ0n) is 11.3. The lowest BCUT2D eigenvalue weighted by Gasteiger charge is -2.31. The summed E-state index contributed by atoms with van der Waals surface area (Å²) in [5, 5.41) is 9.38. The quantitative estimate of drug-likeness (QED) is 0.878. The molecule has 0 aromatic heterocycles. The first kappa shape index (κ1) is 14.0. The van der Waals surface area contributed by atoms with Crippen LogP contribution < -0.4 is 0 Å². The fraction of sp³-hybridized carbons (Fsp3) is 0.533. The van der Waals surface area contributed by atoms with Crippen molar-refractivity contribution in [2.24, 2.45) is 0 Å². The number of nitrogens with zero attached hydrogens (tertiary/aromatic N) is 1. The Morgan fingerprint density at radius 1 is 1.42 bits per heavy atom. The Bertz CT molecular complexity index is 427. The van der Waals surface area contributed by atoms with Crippen LogP contribution in [-0.4, -0.2) is 48.3 Å². The van der Waals surface area contributed by atoms with Gasteiger partial charge < -0.3 is 9.84 Å². The Labute approximate surface area is 114 Å². The molecule has 1 heterocycles. The lowest BCUT2D eigenvalue weighted by Crippen LogP contribution is -2.47. The highest BCUT2D eigenvalue weighted by atomic mass is 16.5. The second-order valence-corrected chi connectivity index (χ2v) is 5.03. The third-order valence-corrected chi connectivity index (χ3v) is 3.56. The number of carbonyl (C=O) groups is 1. The van der Waals surface area contributed by atoms with Gasteiger partial charge in [-0.3, -0.25) is 9.69 Å². The second kappa shape index (κ2) is 6.68. The molecule has 4 nitrogen and oxygen atoms in total. The molecule has 1 unspecified atom stereocenters. The summed E-state index contributed by atoms with van der Waals surface area (Å²) >= 11 is 0. The van der Waals surface area contributed by atoms with E-state index in [1.807, 2.05) is 11.0 Å². The standard InChI is InChI=1S/C15H21NO3/c1-12-3-2-4-13(11-12)5-6-14(15(17)18)16-7-9-19-10-8-16/h2-4,11,14H,5-10H2,1H3,(H,17,18). The summed E-state index contributed by atoms with van der Waals surface area (Å²) in [6.45, 7) is 4.75. The van der Waals surface area contributed by atoms with Gasteiger partial charge in [0.25, 0.3) is 0 Å². The van der Waals surface area contributed by atoms with Gasteiger partial charge in [0, 0.05) is 13.1 Å². The topological polar surface area (TPSA) is 49.8 Å². The van der Waals surface area contributed by atoms with Crippen LogP contribution in [0.5, 0.6) is 0 Å². The maximum Gasteiger partial charge on any atom is 0.320 e. The van der Waals surface area contributed by atoms with Gasteiger partial charge in [-0.25, -0.2) is 0 Å². The van der Waals surface area contributed by atoms with Crippen molar-refractivity contribution in [1.82, 2.24) is 4.90 Å². The van der Waals surface area contributed by atoms with Gasteiger partial charge >= 0.3 is 5.97 Å². The molecule has 1 aromatic carbocycles. The molecule has 1 aromatic rings. The van der Waals surface area contributed by atoms with Gasteiger partial charge in [-0.05, 0) is 25.3 Å². The van der Waals surface area contributed by atoms with Crippen LogP contribution in [0, 0.1) is 6.92 Å². The van der Waals surface area contributed by atoms with Crippen molar-refractivity contribution in [2.75, 3.05) is 26.3 Å². The Balaban J connectivity index is 1.95. The van der Waals surface area contributed by atoms with E-state index in [0.717, 1.165) is 6.42 Å². The van der Waals surface area contributed by atoms with Gasteiger partial charge in [0.1, 0.15) is 6.04 Å². The normalized spacial score (nSPS) is 18.2. The SMILES string of the molecule is Cc1cccc(CCC(C(=O)O)N2CCOCC2)c1. The van der Waals surface area contributed by atoms with Crippen LogP contribution in [0.3, 0.4) is 0 Å². The zero-order chi connectivity index (χ0) is 13.7. The first-order chi connectivity index (χ1) is 9.16. The van der Waals surface area contributed by atoms with Crippen molar-refractivity contribution < 1.29 is 14.6 Å². The molecule has 104 valence electrons. The van der Waals surface area contributed by atoms with E-state index < -0.39 is 12.0 Å². The van der Waals surface area contributed by atoms with Gasteiger partial charge in [0.05, 0.1) is 13.2 Å². The summed E-state index contributed by atoms with van der Waals surface area (Å²) in [6.07, 6.45) is 1.45. The van der Waals surface area contributed by atoms with Gasteiger partial charge in [-0.1, -0.05) is 29.8 Å². The fourth-order valence-corrected chi connectivity index (χ4v) is 2.52. The lowest BCUT2D eigenvalue weighted by atomic mass is 10.0. The molecule has 1 aliphatic heterocycles. The first-order valence-corrected chi connectivity index (χ1v) is 6.77. The molecule has 1 N–H and O–H groups in total. The van der Waals surface area contributed by atoms with Gasteiger partial charge in [-0.2, -0.15) is 0 Å². The van der Waals surface area contributed by atoms with Gasteiger partial charge in [-0.15, -0.1) is 0 Å². The molecule has 1 saturated heterocycles. The minimum Gasteiger partial charge on any atom is -0.480 e. The molecule has 0 radical (unpaired) electrons. The summed E-state index contributed by atoms with van der Waals surface area (Å²) in [5.41, 5.74) is 2.43. The van der Waals surface area contributed by atoms with Crippen molar-refractivity contribution in [3.05, 3.63) is 35.4 Å². The Kier molecular flexibility index (Phi) is 4.93. The Morgan fingerprint density at radius 3 is 2.79 bits per heavy atom. The van der Waals surface area contributed by atoms with Crippen LogP contribution in [0.1, 0.15) is 17.5 Å². The molecule has 1 atom stereocenters. The molecule has 0 amide bonds. The van der Waals surface area contributed by atoms with E-state index in [0.29, 0.717) is 32.7 Å². The molecule has 0 saturated carbocycles. The number of morpholine rings is 1. The maximum absolute atomic E-state index is 11.4. The van der Waals surface area contributed by atoms with Crippen LogP contribution in [0.4, 0.5) is 0 Å². The number of ether oxygens (including phenoxy) is 1. The number of carboxylic acids is 1. The van der Waals surface area contributed by atoms with Gasteiger partial charge in [0.15, 0.2) is 0 Å². The van der Waals surface area contributed by atoms with E-state index in [9.17, 15) is 9.90 Å². The summed E-state index contributed by atoms with van der Waals surface area (Å²) in [4.78, 5) is 13.4. The number of aryl methyl sites for hydroxylation is 2. The molecule has 0 bridgehead atoms. The van der Waals surface area contributed by atoms with Crippen LogP contribution in [0.15, 0.2) is 24.3 Å². The monoisotopic (exact) mass is 263 g/mol. The molecule has 0 spiro atoms. The Hall–Kier alpha value is -1.39. The van der Waals surface area contributed by atoms with Crippen LogP contribution in [-0.2, 0) is 16.0 Å². The van der Waals surface area contributed by atoms with Crippen molar-refractivity contribution in [3.63, 3.8) is 0 Å². The smallest absolute Gasteiger partial charge is 0.320 e. The third-order valence-electron chi connectivity index (χ3n) is 3.56. The Morgan fingerprint density at radius 2 is 2.16 bits per heavy atom. The fourth-order valence-electron chi connectivity index (χ4n) is 2.52. The number of benzene rings is 1.